The number of piperidine rings is 1. The summed E-state index contributed by atoms with van der Waals surface area (Å²) in [6.45, 7) is 5.60. The van der Waals surface area contributed by atoms with Crippen LogP contribution in [-0.4, -0.2) is 69.3 Å². The van der Waals surface area contributed by atoms with E-state index in [1.807, 2.05) is 13.1 Å². The van der Waals surface area contributed by atoms with Crippen molar-refractivity contribution in [2.75, 3.05) is 39.8 Å². The fourth-order valence-corrected chi connectivity index (χ4v) is 5.41. The van der Waals surface area contributed by atoms with Gasteiger partial charge >= 0.3 is 0 Å². The first-order valence-electron chi connectivity index (χ1n) is 9.65. The van der Waals surface area contributed by atoms with Crippen LogP contribution in [0.3, 0.4) is 0 Å². The smallest absolute Gasteiger partial charge is 0.243 e. The van der Waals surface area contributed by atoms with E-state index in [0.717, 1.165) is 32.5 Å². The third-order valence-electron chi connectivity index (χ3n) is 5.50. The summed E-state index contributed by atoms with van der Waals surface area (Å²) in [6, 6.07) is 7.31. The molecule has 2 aliphatic heterocycles. The van der Waals surface area contributed by atoms with E-state index in [-0.39, 0.29) is 18.4 Å². The van der Waals surface area contributed by atoms with Crippen LogP contribution in [0.2, 0.25) is 0 Å². The van der Waals surface area contributed by atoms with Crippen molar-refractivity contribution in [2.45, 2.75) is 37.2 Å². The van der Waals surface area contributed by atoms with Gasteiger partial charge in [-0.25, -0.2) is 8.42 Å². The molecule has 1 aromatic rings. The van der Waals surface area contributed by atoms with Gasteiger partial charge in [-0.1, -0.05) is 18.2 Å². The van der Waals surface area contributed by atoms with E-state index < -0.39 is 10.0 Å². The topological polar surface area (TPSA) is 81.8 Å². The summed E-state index contributed by atoms with van der Waals surface area (Å²) in [7, 11) is -1.56. The molecular formula is C19H30N4O3S. The second-order valence-corrected chi connectivity index (χ2v) is 9.52. The Balaban J connectivity index is 1.69. The van der Waals surface area contributed by atoms with Gasteiger partial charge < -0.3 is 15.5 Å². The van der Waals surface area contributed by atoms with Crippen LogP contribution >= 0.6 is 0 Å². The molecule has 2 heterocycles. The molecule has 150 valence electrons. The molecule has 2 atom stereocenters. The SMILES string of the molecule is C[C@H]1C[C@@H](C(=O)NCc2ccccc2S(=O)(=O)N2CCN(C)CC2)CCN1. The highest BCUT2D eigenvalue weighted by Crippen LogP contribution is 2.22. The number of amides is 1. The third-order valence-corrected chi connectivity index (χ3v) is 7.50. The van der Waals surface area contributed by atoms with Crippen molar-refractivity contribution in [3.8, 4) is 0 Å². The Morgan fingerprint density at radius 3 is 2.63 bits per heavy atom. The molecule has 1 aromatic carbocycles. The number of hydrogen-bond donors (Lipinski definition) is 2. The molecule has 0 saturated carbocycles. The van der Waals surface area contributed by atoms with E-state index in [4.69, 9.17) is 0 Å². The van der Waals surface area contributed by atoms with Crippen LogP contribution in [0.4, 0.5) is 0 Å². The predicted octanol–water partition coefficient (Wildman–Crippen LogP) is 0.627. The van der Waals surface area contributed by atoms with E-state index in [9.17, 15) is 13.2 Å². The number of carbonyl (C=O) groups is 1. The van der Waals surface area contributed by atoms with Crippen LogP contribution in [0.5, 0.6) is 0 Å². The molecule has 0 radical (unpaired) electrons. The summed E-state index contributed by atoms with van der Waals surface area (Å²) >= 11 is 0. The fourth-order valence-electron chi connectivity index (χ4n) is 3.77. The molecule has 7 nitrogen and oxygen atoms in total. The molecule has 27 heavy (non-hydrogen) atoms. The zero-order valence-corrected chi connectivity index (χ0v) is 17.0. The Bertz CT molecular complexity index is 760. The summed E-state index contributed by atoms with van der Waals surface area (Å²) in [5.74, 6) is -0.00204. The van der Waals surface area contributed by atoms with Crippen molar-refractivity contribution in [2.24, 2.45) is 5.92 Å². The van der Waals surface area contributed by atoms with Gasteiger partial charge in [0.15, 0.2) is 0 Å². The van der Waals surface area contributed by atoms with E-state index in [1.165, 1.54) is 0 Å². The number of benzene rings is 1. The van der Waals surface area contributed by atoms with E-state index in [0.29, 0.717) is 29.6 Å². The van der Waals surface area contributed by atoms with Gasteiger partial charge in [-0.3, -0.25) is 4.79 Å². The van der Waals surface area contributed by atoms with Gasteiger partial charge in [0.25, 0.3) is 0 Å². The van der Waals surface area contributed by atoms with Gasteiger partial charge in [0.2, 0.25) is 15.9 Å². The second-order valence-electron chi connectivity index (χ2n) is 7.61. The lowest BCUT2D eigenvalue weighted by molar-refractivity contribution is -0.126. The molecule has 2 saturated heterocycles. The second kappa shape index (κ2) is 8.68. The molecule has 0 aliphatic carbocycles. The molecule has 1 amide bonds. The van der Waals surface area contributed by atoms with Crippen LogP contribution in [0.25, 0.3) is 0 Å². The first kappa shape index (κ1) is 20.3. The van der Waals surface area contributed by atoms with E-state index in [2.05, 4.69) is 22.5 Å². The Kier molecular flexibility index (Phi) is 6.52. The minimum atomic E-state index is -3.55. The summed E-state index contributed by atoms with van der Waals surface area (Å²) < 4.78 is 27.7. The van der Waals surface area contributed by atoms with Crippen molar-refractivity contribution < 1.29 is 13.2 Å². The first-order valence-corrected chi connectivity index (χ1v) is 11.1. The van der Waals surface area contributed by atoms with Crippen molar-refractivity contribution in [1.82, 2.24) is 19.8 Å². The van der Waals surface area contributed by atoms with Crippen LogP contribution in [-0.2, 0) is 21.4 Å². The van der Waals surface area contributed by atoms with Crippen LogP contribution in [0, 0.1) is 5.92 Å². The molecule has 2 aliphatic rings. The maximum Gasteiger partial charge on any atom is 0.243 e. The molecule has 0 spiro atoms. The summed E-state index contributed by atoms with van der Waals surface area (Å²) in [5, 5.41) is 6.29. The van der Waals surface area contributed by atoms with Gasteiger partial charge in [0.05, 0.1) is 4.90 Å². The number of nitrogens with zero attached hydrogens (tertiary/aromatic N) is 2. The standard InChI is InChI=1S/C19H30N4O3S/c1-15-13-16(7-8-20-15)19(24)21-14-17-5-3-4-6-18(17)27(25,26)23-11-9-22(2)10-12-23/h3-6,15-16,20H,7-14H2,1-2H3,(H,21,24)/t15-,16-/m0/s1. The first-order chi connectivity index (χ1) is 12.9. The maximum absolute atomic E-state index is 13.1. The predicted molar refractivity (Wildman–Crippen MR) is 105 cm³/mol. The zero-order valence-electron chi connectivity index (χ0n) is 16.1. The number of rotatable bonds is 5. The average Bonchev–Trinajstić information content (AvgIpc) is 2.66. The Hall–Kier alpha value is -1.48. The number of sulfonamides is 1. The lowest BCUT2D eigenvalue weighted by atomic mass is 9.92. The van der Waals surface area contributed by atoms with Gasteiger partial charge in [-0.2, -0.15) is 4.31 Å². The van der Waals surface area contributed by atoms with Gasteiger partial charge in [-0.05, 0) is 45.0 Å². The highest BCUT2D eigenvalue weighted by atomic mass is 32.2. The minimum Gasteiger partial charge on any atom is -0.352 e. The lowest BCUT2D eigenvalue weighted by Crippen LogP contribution is -2.47. The molecule has 8 heteroatoms. The van der Waals surface area contributed by atoms with Gasteiger partial charge in [-0.15, -0.1) is 0 Å². The minimum absolute atomic E-state index is 0.00940. The number of nitrogens with one attached hydrogen (secondary N) is 2. The van der Waals surface area contributed by atoms with Crippen molar-refractivity contribution in [3.05, 3.63) is 29.8 Å². The van der Waals surface area contributed by atoms with Gasteiger partial charge in [0, 0.05) is 44.7 Å². The highest BCUT2D eigenvalue weighted by molar-refractivity contribution is 7.89. The lowest BCUT2D eigenvalue weighted by Gasteiger charge is -2.32. The summed E-state index contributed by atoms with van der Waals surface area (Å²) in [5.41, 5.74) is 0.645. The van der Waals surface area contributed by atoms with E-state index in [1.54, 1.807) is 22.5 Å². The average molecular weight is 395 g/mol. The Morgan fingerprint density at radius 1 is 1.22 bits per heavy atom. The normalized spacial score (nSPS) is 25.3. The molecule has 0 unspecified atom stereocenters. The third kappa shape index (κ3) is 4.87. The van der Waals surface area contributed by atoms with Crippen molar-refractivity contribution in [1.29, 1.82) is 0 Å². The molecule has 0 bridgehead atoms. The quantitative estimate of drug-likeness (QED) is 0.766. The van der Waals surface area contributed by atoms with E-state index >= 15 is 0 Å². The maximum atomic E-state index is 13.1. The van der Waals surface area contributed by atoms with Crippen molar-refractivity contribution >= 4 is 15.9 Å². The molecule has 0 aromatic heterocycles. The van der Waals surface area contributed by atoms with Gasteiger partial charge in [0.1, 0.15) is 0 Å². The largest absolute Gasteiger partial charge is 0.352 e. The Labute approximate surface area is 162 Å². The van der Waals surface area contributed by atoms with Crippen LogP contribution in [0.1, 0.15) is 25.3 Å². The molecule has 2 N–H and O–H groups in total. The Morgan fingerprint density at radius 2 is 1.93 bits per heavy atom. The molecule has 3 rings (SSSR count). The number of likely N-dealkylation sites (N-methyl/N-ethyl adjacent to an activating group) is 1. The summed E-state index contributed by atoms with van der Waals surface area (Å²) in [4.78, 5) is 14.9. The fraction of sp³-hybridized carbons (Fsp3) is 0.632. The molecular weight excluding hydrogens is 364 g/mol. The highest BCUT2D eigenvalue weighted by Gasteiger charge is 2.30. The van der Waals surface area contributed by atoms with Crippen molar-refractivity contribution in [3.63, 3.8) is 0 Å². The van der Waals surface area contributed by atoms with Crippen LogP contribution in [0.15, 0.2) is 29.2 Å². The number of carbonyl (C=O) groups excluding carboxylic acids is 1. The number of piperazine rings is 1. The zero-order chi connectivity index (χ0) is 19.4. The summed E-state index contributed by atoms with van der Waals surface area (Å²) in [6.07, 6.45) is 1.63. The van der Waals surface area contributed by atoms with Crippen LogP contribution < -0.4 is 10.6 Å². The monoisotopic (exact) mass is 394 g/mol. The molecule has 2 fully saturated rings. The number of hydrogen-bond acceptors (Lipinski definition) is 5.